The van der Waals surface area contributed by atoms with E-state index in [1.54, 1.807) is 6.20 Å². The van der Waals surface area contributed by atoms with E-state index in [1.165, 1.54) is 0 Å². The van der Waals surface area contributed by atoms with Crippen LogP contribution < -0.4 is 0 Å². The minimum atomic E-state index is 0.0460. The fraction of sp³-hybridized carbons (Fsp3) is 0.500. The molecule has 0 radical (unpaired) electrons. The summed E-state index contributed by atoms with van der Waals surface area (Å²) in [6.45, 7) is 8.91. The highest BCUT2D eigenvalue weighted by Gasteiger charge is 2.40. The Hall–Kier alpha value is -1.84. The normalized spacial score (nSPS) is 19.4. The van der Waals surface area contributed by atoms with Gasteiger partial charge in [0.1, 0.15) is 5.69 Å². The summed E-state index contributed by atoms with van der Waals surface area (Å²) in [6, 6.07) is 5.76. The first kappa shape index (κ1) is 13.2. The van der Waals surface area contributed by atoms with Crippen LogP contribution in [0, 0.1) is 0 Å². The first-order valence-corrected chi connectivity index (χ1v) is 7.07. The number of hydrogen-bond acceptors (Lipinski definition) is 4. The van der Waals surface area contributed by atoms with E-state index in [-0.39, 0.29) is 10.8 Å². The first-order valence-electron chi connectivity index (χ1n) is 7.07. The molecule has 0 N–H and O–H groups in total. The van der Waals surface area contributed by atoms with Crippen molar-refractivity contribution in [2.24, 2.45) is 0 Å². The number of pyridine rings is 1. The molecule has 2 aromatic heterocycles. The van der Waals surface area contributed by atoms with E-state index < -0.39 is 0 Å². The topological polar surface area (TPSA) is 51.6 Å². The van der Waals surface area contributed by atoms with Crippen molar-refractivity contribution >= 4 is 0 Å². The molecule has 1 aliphatic rings. The Morgan fingerprint density at radius 2 is 1.60 bits per heavy atom. The predicted molar refractivity (Wildman–Crippen MR) is 78.3 cm³/mol. The molecule has 0 bridgehead atoms. The standard InChI is InChI=1S/C16H20N4/c1-15(2)8-9-16(3,4)13-12(15)18-14(20-19-13)11-7-5-6-10-17-11/h5-7,10H,8-9H2,1-4H3. The van der Waals surface area contributed by atoms with Crippen molar-refractivity contribution in [3.05, 3.63) is 35.8 Å². The molecular formula is C16H20N4. The van der Waals surface area contributed by atoms with Gasteiger partial charge in [0, 0.05) is 17.0 Å². The maximum Gasteiger partial charge on any atom is 0.200 e. The summed E-state index contributed by atoms with van der Waals surface area (Å²) >= 11 is 0. The van der Waals surface area contributed by atoms with E-state index in [9.17, 15) is 0 Å². The summed E-state index contributed by atoms with van der Waals surface area (Å²) in [4.78, 5) is 9.11. The summed E-state index contributed by atoms with van der Waals surface area (Å²) in [5, 5.41) is 8.79. The van der Waals surface area contributed by atoms with Crippen LogP contribution in [0.4, 0.5) is 0 Å². The van der Waals surface area contributed by atoms with Crippen LogP contribution in [0.1, 0.15) is 51.9 Å². The number of fused-ring (bicyclic) bond motifs is 1. The SMILES string of the molecule is CC1(C)CCC(C)(C)c2nc(-c3ccccn3)nnc21. The summed E-state index contributed by atoms with van der Waals surface area (Å²) in [6.07, 6.45) is 3.99. The minimum absolute atomic E-state index is 0.0460. The molecular weight excluding hydrogens is 248 g/mol. The average Bonchev–Trinajstić information content (AvgIpc) is 2.45. The Labute approximate surface area is 119 Å². The number of rotatable bonds is 1. The van der Waals surface area contributed by atoms with Crippen LogP contribution >= 0.6 is 0 Å². The molecule has 0 saturated carbocycles. The molecule has 3 rings (SSSR count). The van der Waals surface area contributed by atoms with Gasteiger partial charge in [-0.1, -0.05) is 33.8 Å². The summed E-state index contributed by atoms with van der Waals surface area (Å²) in [5.74, 6) is 0.620. The van der Waals surface area contributed by atoms with Gasteiger partial charge < -0.3 is 0 Å². The molecule has 2 heterocycles. The lowest BCUT2D eigenvalue weighted by atomic mass is 9.67. The van der Waals surface area contributed by atoms with Crippen LogP contribution in [0.3, 0.4) is 0 Å². The third-order valence-electron chi connectivity index (χ3n) is 4.24. The maximum absolute atomic E-state index is 4.80. The predicted octanol–water partition coefficient (Wildman–Crippen LogP) is 3.28. The molecule has 0 fully saturated rings. The largest absolute Gasteiger partial charge is 0.253 e. The highest BCUT2D eigenvalue weighted by atomic mass is 15.2. The van der Waals surface area contributed by atoms with Crippen LogP contribution in [0.2, 0.25) is 0 Å². The van der Waals surface area contributed by atoms with Crippen molar-refractivity contribution in [1.82, 2.24) is 20.2 Å². The first-order chi connectivity index (χ1) is 9.40. The molecule has 0 aliphatic heterocycles. The van der Waals surface area contributed by atoms with Crippen LogP contribution in [0.15, 0.2) is 24.4 Å². The van der Waals surface area contributed by atoms with Crippen LogP contribution in [0.5, 0.6) is 0 Å². The third-order valence-corrected chi connectivity index (χ3v) is 4.24. The monoisotopic (exact) mass is 268 g/mol. The Morgan fingerprint density at radius 1 is 0.900 bits per heavy atom. The zero-order valence-corrected chi connectivity index (χ0v) is 12.5. The highest BCUT2D eigenvalue weighted by Crippen LogP contribution is 2.43. The molecule has 4 heteroatoms. The lowest BCUT2D eigenvalue weighted by Crippen LogP contribution is -2.36. The molecule has 0 spiro atoms. The van der Waals surface area contributed by atoms with E-state index in [0.29, 0.717) is 5.82 Å². The zero-order chi connectivity index (χ0) is 14.4. The second-order valence-electron chi connectivity index (χ2n) is 6.82. The number of hydrogen-bond donors (Lipinski definition) is 0. The second kappa shape index (κ2) is 4.33. The smallest absolute Gasteiger partial charge is 0.200 e. The Kier molecular flexibility index (Phi) is 2.85. The van der Waals surface area contributed by atoms with E-state index in [2.05, 4.69) is 42.9 Å². The molecule has 0 amide bonds. The van der Waals surface area contributed by atoms with E-state index in [1.807, 2.05) is 18.2 Å². The molecule has 0 atom stereocenters. The van der Waals surface area contributed by atoms with Crippen molar-refractivity contribution < 1.29 is 0 Å². The van der Waals surface area contributed by atoms with Gasteiger partial charge in [-0.25, -0.2) is 4.98 Å². The molecule has 0 saturated heterocycles. The third kappa shape index (κ3) is 2.09. The van der Waals surface area contributed by atoms with Gasteiger partial charge in [-0.3, -0.25) is 4.98 Å². The summed E-state index contributed by atoms with van der Waals surface area (Å²) < 4.78 is 0. The van der Waals surface area contributed by atoms with Crippen LogP contribution in [0.25, 0.3) is 11.5 Å². The number of aromatic nitrogens is 4. The molecule has 2 aromatic rings. The van der Waals surface area contributed by atoms with E-state index >= 15 is 0 Å². The van der Waals surface area contributed by atoms with Gasteiger partial charge in [0.05, 0.1) is 11.4 Å². The molecule has 0 aromatic carbocycles. The van der Waals surface area contributed by atoms with Crippen LogP contribution in [-0.2, 0) is 10.8 Å². The lowest BCUT2D eigenvalue weighted by molar-refractivity contribution is 0.311. The summed E-state index contributed by atoms with van der Waals surface area (Å²) in [7, 11) is 0. The lowest BCUT2D eigenvalue weighted by Gasteiger charge is -2.39. The van der Waals surface area contributed by atoms with Gasteiger partial charge in [-0.2, -0.15) is 5.10 Å². The van der Waals surface area contributed by atoms with Crippen molar-refractivity contribution in [2.45, 2.75) is 51.4 Å². The van der Waals surface area contributed by atoms with Crippen molar-refractivity contribution in [1.29, 1.82) is 0 Å². The summed E-state index contributed by atoms with van der Waals surface area (Å²) in [5.41, 5.74) is 2.98. The van der Waals surface area contributed by atoms with Crippen molar-refractivity contribution in [2.75, 3.05) is 0 Å². The fourth-order valence-corrected chi connectivity index (χ4v) is 2.72. The Morgan fingerprint density at radius 3 is 2.25 bits per heavy atom. The van der Waals surface area contributed by atoms with Crippen molar-refractivity contribution in [3.8, 4) is 11.5 Å². The zero-order valence-electron chi connectivity index (χ0n) is 12.5. The molecule has 0 unspecified atom stereocenters. The molecule has 1 aliphatic carbocycles. The maximum atomic E-state index is 4.80. The van der Waals surface area contributed by atoms with E-state index in [0.717, 1.165) is 29.9 Å². The van der Waals surface area contributed by atoms with Crippen LogP contribution in [-0.4, -0.2) is 20.2 Å². The minimum Gasteiger partial charge on any atom is -0.253 e. The molecule has 4 nitrogen and oxygen atoms in total. The van der Waals surface area contributed by atoms with Crippen molar-refractivity contribution in [3.63, 3.8) is 0 Å². The quantitative estimate of drug-likeness (QED) is 0.796. The molecule has 20 heavy (non-hydrogen) atoms. The van der Waals surface area contributed by atoms with Gasteiger partial charge >= 0.3 is 0 Å². The van der Waals surface area contributed by atoms with Gasteiger partial charge in [0.25, 0.3) is 0 Å². The number of nitrogens with zero attached hydrogens (tertiary/aromatic N) is 4. The fourth-order valence-electron chi connectivity index (χ4n) is 2.72. The molecule has 104 valence electrons. The van der Waals surface area contributed by atoms with Gasteiger partial charge in [-0.15, -0.1) is 5.10 Å². The second-order valence-corrected chi connectivity index (χ2v) is 6.82. The van der Waals surface area contributed by atoms with Gasteiger partial charge in [0.2, 0.25) is 5.82 Å². The van der Waals surface area contributed by atoms with Gasteiger partial charge in [-0.05, 0) is 25.0 Å². The van der Waals surface area contributed by atoms with Gasteiger partial charge in [0.15, 0.2) is 0 Å². The Balaban J connectivity index is 2.16. The average molecular weight is 268 g/mol. The highest BCUT2D eigenvalue weighted by molar-refractivity contribution is 5.49. The Bertz CT molecular complexity index is 632. The van der Waals surface area contributed by atoms with E-state index in [4.69, 9.17) is 4.98 Å².